The van der Waals surface area contributed by atoms with Crippen molar-refractivity contribution < 1.29 is 17.9 Å². The van der Waals surface area contributed by atoms with Crippen LogP contribution in [0.1, 0.15) is 5.56 Å². The number of para-hydroxylation sites is 1. The third kappa shape index (κ3) is 6.00. The van der Waals surface area contributed by atoms with Crippen molar-refractivity contribution >= 4 is 39.1 Å². The van der Waals surface area contributed by atoms with Crippen LogP contribution in [0.25, 0.3) is 0 Å². The van der Waals surface area contributed by atoms with Crippen LogP contribution in [0.4, 0.5) is 16.2 Å². The standard InChI is InChI=1S/C20H17ClN2O4S/c21-16-6-4-5-15(13-16)14-28(25,26)23-18-11-9-17(10-12-18)22-20(24)27-19-7-2-1-3-8-19/h1-13,23H,14H2,(H,22,24). The summed E-state index contributed by atoms with van der Waals surface area (Å²) in [7, 11) is -3.60. The number of carbonyl (C=O) groups excluding carboxylic acids is 1. The Hall–Kier alpha value is -3.03. The highest BCUT2D eigenvalue weighted by molar-refractivity contribution is 7.91. The van der Waals surface area contributed by atoms with E-state index in [1.54, 1.807) is 72.8 Å². The van der Waals surface area contributed by atoms with E-state index in [0.29, 0.717) is 27.7 Å². The summed E-state index contributed by atoms with van der Waals surface area (Å²) in [4.78, 5) is 11.9. The van der Waals surface area contributed by atoms with E-state index in [4.69, 9.17) is 16.3 Å². The summed E-state index contributed by atoms with van der Waals surface area (Å²) in [6.07, 6.45) is -0.638. The van der Waals surface area contributed by atoms with Gasteiger partial charge >= 0.3 is 6.09 Å². The average Bonchev–Trinajstić information content (AvgIpc) is 2.63. The van der Waals surface area contributed by atoms with E-state index < -0.39 is 16.1 Å². The zero-order valence-corrected chi connectivity index (χ0v) is 16.2. The topological polar surface area (TPSA) is 84.5 Å². The number of ether oxygens (including phenoxy) is 1. The van der Waals surface area contributed by atoms with E-state index in [1.165, 1.54) is 0 Å². The Labute approximate surface area is 168 Å². The molecule has 3 aromatic carbocycles. The third-order valence-electron chi connectivity index (χ3n) is 3.60. The maximum atomic E-state index is 12.3. The number of anilines is 2. The average molecular weight is 417 g/mol. The molecule has 0 spiro atoms. The number of rotatable bonds is 6. The zero-order valence-electron chi connectivity index (χ0n) is 14.6. The van der Waals surface area contributed by atoms with Gasteiger partial charge in [0.05, 0.1) is 5.75 Å². The molecular weight excluding hydrogens is 400 g/mol. The summed E-state index contributed by atoms with van der Waals surface area (Å²) in [6, 6.07) is 21.6. The Morgan fingerprint density at radius 1 is 0.893 bits per heavy atom. The van der Waals surface area contributed by atoms with Gasteiger partial charge in [-0.3, -0.25) is 10.0 Å². The molecule has 28 heavy (non-hydrogen) atoms. The second-order valence-electron chi connectivity index (χ2n) is 5.90. The van der Waals surface area contributed by atoms with Crippen LogP contribution in [0.3, 0.4) is 0 Å². The van der Waals surface area contributed by atoms with Gasteiger partial charge in [0.1, 0.15) is 5.75 Å². The van der Waals surface area contributed by atoms with Crippen molar-refractivity contribution in [3.8, 4) is 5.75 Å². The molecule has 3 rings (SSSR count). The Morgan fingerprint density at radius 3 is 2.25 bits per heavy atom. The number of benzene rings is 3. The highest BCUT2D eigenvalue weighted by atomic mass is 35.5. The first-order chi connectivity index (χ1) is 13.4. The Balaban J connectivity index is 1.58. The van der Waals surface area contributed by atoms with E-state index >= 15 is 0 Å². The molecule has 3 aromatic rings. The maximum Gasteiger partial charge on any atom is 0.417 e. The number of amides is 1. The molecule has 0 aromatic heterocycles. The fourth-order valence-corrected chi connectivity index (χ4v) is 3.82. The number of hydrogen-bond donors (Lipinski definition) is 2. The predicted octanol–water partition coefficient (Wildman–Crippen LogP) is 4.89. The van der Waals surface area contributed by atoms with Gasteiger partial charge in [0.25, 0.3) is 0 Å². The molecule has 0 aliphatic heterocycles. The Bertz CT molecular complexity index is 1060. The largest absolute Gasteiger partial charge is 0.417 e. The Morgan fingerprint density at radius 2 is 1.57 bits per heavy atom. The third-order valence-corrected chi connectivity index (χ3v) is 5.10. The molecule has 0 saturated heterocycles. The molecule has 0 radical (unpaired) electrons. The number of sulfonamides is 1. The van der Waals surface area contributed by atoms with Crippen LogP contribution in [-0.2, 0) is 15.8 Å². The van der Waals surface area contributed by atoms with E-state index in [9.17, 15) is 13.2 Å². The Kier molecular flexibility index (Phi) is 6.18. The van der Waals surface area contributed by atoms with Crippen LogP contribution in [-0.4, -0.2) is 14.5 Å². The van der Waals surface area contributed by atoms with Crippen molar-refractivity contribution in [2.45, 2.75) is 5.75 Å². The summed E-state index contributed by atoms with van der Waals surface area (Å²) >= 11 is 5.88. The lowest BCUT2D eigenvalue weighted by Gasteiger charge is -2.10. The minimum absolute atomic E-state index is 0.197. The molecule has 0 fully saturated rings. The lowest BCUT2D eigenvalue weighted by atomic mass is 10.2. The molecule has 0 aliphatic carbocycles. The van der Waals surface area contributed by atoms with Gasteiger partial charge in [-0.25, -0.2) is 13.2 Å². The fourth-order valence-electron chi connectivity index (χ4n) is 2.42. The van der Waals surface area contributed by atoms with Crippen molar-refractivity contribution in [1.29, 1.82) is 0 Å². The number of halogens is 1. The van der Waals surface area contributed by atoms with E-state index in [1.807, 2.05) is 6.07 Å². The lowest BCUT2D eigenvalue weighted by Crippen LogP contribution is -2.17. The van der Waals surface area contributed by atoms with Crippen molar-refractivity contribution in [2.24, 2.45) is 0 Å². The molecule has 0 atom stereocenters. The highest BCUT2D eigenvalue weighted by Gasteiger charge is 2.12. The van der Waals surface area contributed by atoms with Crippen LogP contribution in [0.15, 0.2) is 78.9 Å². The second kappa shape index (κ2) is 8.77. The predicted molar refractivity (Wildman–Crippen MR) is 110 cm³/mol. The van der Waals surface area contributed by atoms with Crippen LogP contribution in [0.5, 0.6) is 5.75 Å². The van der Waals surface area contributed by atoms with Crippen LogP contribution < -0.4 is 14.8 Å². The minimum Gasteiger partial charge on any atom is -0.410 e. The first-order valence-electron chi connectivity index (χ1n) is 8.28. The molecular formula is C20H17ClN2O4S. The molecule has 144 valence electrons. The monoisotopic (exact) mass is 416 g/mol. The van der Waals surface area contributed by atoms with E-state index in [0.717, 1.165) is 0 Å². The van der Waals surface area contributed by atoms with Crippen molar-refractivity contribution in [2.75, 3.05) is 10.0 Å². The smallest absolute Gasteiger partial charge is 0.410 e. The van der Waals surface area contributed by atoms with Crippen molar-refractivity contribution in [1.82, 2.24) is 0 Å². The highest BCUT2D eigenvalue weighted by Crippen LogP contribution is 2.18. The second-order valence-corrected chi connectivity index (χ2v) is 8.05. The van der Waals surface area contributed by atoms with Gasteiger partial charge in [0.2, 0.25) is 10.0 Å². The first kappa shape index (κ1) is 19.7. The molecule has 0 unspecified atom stereocenters. The summed E-state index contributed by atoms with van der Waals surface area (Å²) in [5, 5.41) is 3.05. The van der Waals surface area contributed by atoms with Crippen LogP contribution in [0, 0.1) is 0 Å². The molecule has 0 aliphatic rings. The number of nitrogens with one attached hydrogen (secondary N) is 2. The minimum atomic E-state index is -3.60. The molecule has 0 bridgehead atoms. The molecule has 8 heteroatoms. The van der Waals surface area contributed by atoms with Crippen LogP contribution in [0.2, 0.25) is 5.02 Å². The lowest BCUT2D eigenvalue weighted by molar-refractivity contribution is 0.215. The van der Waals surface area contributed by atoms with E-state index in [-0.39, 0.29) is 5.75 Å². The summed E-state index contributed by atoms with van der Waals surface area (Å²) in [6.45, 7) is 0. The molecule has 2 N–H and O–H groups in total. The van der Waals surface area contributed by atoms with Gasteiger partial charge in [-0.15, -0.1) is 0 Å². The fraction of sp³-hybridized carbons (Fsp3) is 0.0500. The number of hydrogen-bond acceptors (Lipinski definition) is 4. The maximum absolute atomic E-state index is 12.3. The van der Waals surface area contributed by atoms with Gasteiger partial charge in [-0.1, -0.05) is 41.9 Å². The molecule has 1 amide bonds. The first-order valence-corrected chi connectivity index (χ1v) is 10.3. The molecule has 6 nitrogen and oxygen atoms in total. The molecule has 0 heterocycles. The summed E-state index contributed by atoms with van der Waals surface area (Å²) in [5.74, 6) is 0.224. The summed E-state index contributed by atoms with van der Waals surface area (Å²) in [5.41, 5.74) is 1.43. The van der Waals surface area contributed by atoms with Crippen molar-refractivity contribution in [3.05, 3.63) is 89.4 Å². The van der Waals surface area contributed by atoms with Crippen LogP contribution >= 0.6 is 11.6 Å². The summed E-state index contributed by atoms with van der Waals surface area (Å²) < 4.78 is 32.2. The normalized spacial score (nSPS) is 10.9. The quantitative estimate of drug-likeness (QED) is 0.599. The van der Waals surface area contributed by atoms with Gasteiger partial charge in [0, 0.05) is 16.4 Å². The molecule has 0 saturated carbocycles. The van der Waals surface area contributed by atoms with Gasteiger partial charge in [-0.05, 0) is 54.1 Å². The van der Waals surface area contributed by atoms with Crippen molar-refractivity contribution in [3.63, 3.8) is 0 Å². The van der Waals surface area contributed by atoms with Gasteiger partial charge in [-0.2, -0.15) is 0 Å². The van der Waals surface area contributed by atoms with E-state index in [2.05, 4.69) is 10.0 Å². The number of carbonyl (C=O) groups is 1. The van der Waals surface area contributed by atoms with Gasteiger partial charge in [0.15, 0.2) is 0 Å². The SMILES string of the molecule is O=C(Nc1ccc(NS(=O)(=O)Cc2cccc(Cl)c2)cc1)Oc1ccccc1. The zero-order chi connectivity index (χ0) is 20.0. The van der Waals surface area contributed by atoms with Gasteiger partial charge < -0.3 is 4.74 Å².